The molecule has 120 valence electrons. The number of halogens is 2. The van der Waals surface area contributed by atoms with Gasteiger partial charge >= 0.3 is 0 Å². The van der Waals surface area contributed by atoms with Crippen molar-refractivity contribution in [2.45, 2.75) is 23.6 Å². The van der Waals surface area contributed by atoms with Crippen LogP contribution in [0.2, 0.25) is 0 Å². The molecule has 0 atom stereocenters. The van der Waals surface area contributed by atoms with Gasteiger partial charge in [0.25, 0.3) is 0 Å². The number of rotatable bonds is 2. The van der Waals surface area contributed by atoms with E-state index in [0.29, 0.717) is 16.5 Å². The van der Waals surface area contributed by atoms with Crippen LogP contribution in [0.4, 0.5) is 4.39 Å². The zero-order valence-corrected chi connectivity index (χ0v) is 15.3. The molecular weight excluding hydrogens is 381 g/mol. The average molecular weight is 396 g/mol. The second kappa shape index (κ2) is 5.46. The first kappa shape index (κ1) is 16.2. The topological polar surface area (TPSA) is 39.1 Å². The number of fused-ring (bicyclic) bond motifs is 1. The van der Waals surface area contributed by atoms with Crippen molar-refractivity contribution in [1.29, 1.82) is 0 Å². The maximum atomic E-state index is 14.1. The van der Waals surface area contributed by atoms with E-state index in [1.54, 1.807) is 45.2 Å². The van der Waals surface area contributed by atoms with E-state index in [1.165, 1.54) is 16.8 Å². The standard InChI is InChI=1S/C17H15BrFNO2S/c1-10-4-6-13(19)17-16(10)15(9-20(17)3)23(21,22)14-7-5-12(18)8-11(14)2/h4-9H,1-3H3. The molecule has 0 aliphatic carbocycles. The normalized spacial score (nSPS) is 12.0. The zero-order valence-electron chi connectivity index (χ0n) is 12.9. The quantitative estimate of drug-likeness (QED) is 0.639. The highest BCUT2D eigenvalue weighted by molar-refractivity contribution is 9.10. The van der Waals surface area contributed by atoms with Crippen molar-refractivity contribution >= 4 is 36.7 Å². The summed E-state index contributed by atoms with van der Waals surface area (Å²) in [4.78, 5) is 0.370. The molecule has 1 heterocycles. The Balaban J connectivity index is 2.38. The van der Waals surface area contributed by atoms with E-state index in [-0.39, 0.29) is 9.79 Å². The van der Waals surface area contributed by atoms with E-state index < -0.39 is 15.7 Å². The van der Waals surface area contributed by atoms with E-state index in [2.05, 4.69) is 15.9 Å². The number of hydrogen-bond donors (Lipinski definition) is 0. The van der Waals surface area contributed by atoms with Gasteiger partial charge in [0, 0.05) is 23.1 Å². The third-order valence-electron chi connectivity index (χ3n) is 3.96. The van der Waals surface area contributed by atoms with Crippen LogP contribution in [-0.2, 0) is 16.9 Å². The van der Waals surface area contributed by atoms with Crippen LogP contribution in [0.5, 0.6) is 0 Å². The van der Waals surface area contributed by atoms with Crippen molar-refractivity contribution in [3.8, 4) is 0 Å². The number of aromatic nitrogens is 1. The van der Waals surface area contributed by atoms with Gasteiger partial charge in [-0.3, -0.25) is 0 Å². The lowest BCUT2D eigenvalue weighted by molar-refractivity contribution is 0.596. The molecule has 0 saturated heterocycles. The first-order chi connectivity index (χ1) is 10.7. The predicted molar refractivity (Wildman–Crippen MR) is 91.9 cm³/mol. The van der Waals surface area contributed by atoms with Gasteiger partial charge in [-0.2, -0.15) is 0 Å². The fourth-order valence-corrected chi connectivity index (χ4v) is 5.13. The lowest BCUT2D eigenvalue weighted by atomic mass is 10.1. The summed E-state index contributed by atoms with van der Waals surface area (Å²) in [6.45, 7) is 3.53. The largest absolute Gasteiger partial charge is 0.347 e. The number of benzene rings is 2. The molecule has 23 heavy (non-hydrogen) atoms. The minimum atomic E-state index is -3.74. The minimum absolute atomic E-state index is 0.137. The Morgan fingerprint density at radius 3 is 2.39 bits per heavy atom. The van der Waals surface area contributed by atoms with Gasteiger partial charge < -0.3 is 4.57 Å². The summed E-state index contributed by atoms with van der Waals surface area (Å²) in [6, 6.07) is 7.98. The van der Waals surface area contributed by atoms with Crippen molar-refractivity contribution in [2.75, 3.05) is 0 Å². The third kappa shape index (κ3) is 2.50. The van der Waals surface area contributed by atoms with E-state index in [9.17, 15) is 12.8 Å². The molecule has 0 unspecified atom stereocenters. The summed E-state index contributed by atoms with van der Waals surface area (Å²) in [5.74, 6) is -0.429. The van der Waals surface area contributed by atoms with Crippen molar-refractivity contribution in [3.63, 3.8) is 0 Å². The molecule has 0 radical (unpaired) electrons. The van der Waals surface area contributed by atoms with E-state index >= 15 is 0 Å². The molecule has 3 nitrogen and oxygen atoms in total. The highest BCUT2D eigenvalue weighted by Gasteiger charge is 2.26. The Bertz CT molecular complexity index is 1040. The molecule has 0 aliphatic rings. The minimum Gasteiger partial charge on any atom is -0.347 e. The molecular formula is C17H15BrFNO2S. The number of hydrogen-bond acceptors (Lipinski definition) is 2. The molecule has 0 bridgehead atoms. The van der Waals surface area contributed by atoms with Crippen molar-refractivity contribution in [2.24, 2.45) is 7.05 Å². The monoisotopic (exact) mass is 395 g/mol. The van der Waals surface area contributed by atoms with Gasteiger partial charge in [-0.05, 0) is 49.2 Å². The molecule has 1 aromatic heterocycles. The van der Waals surface area contributed by atoms with Gasteiger partial charge in [0.1, 0.15) is 5.82 Å². The van der Waals surface area contributed by atoms with E-state index in [1.807, 2.05) is 0 Å². The Kier molecular flexibility index (Phi) is 3.84. The van der Waals surface area contributed by atoms with Crippen LogP contribution in [0.25, 0.3) is 10.9 Å². The molecule has 2 aromatic carbocycles. The lowest BCUT2D eigenvalue weighted by Crippen LogP contribution is -2.04. The molecule has 6 heteroatoms. The SMILES string of the molecule is Cc1cc(Br)ccc1S(=O)(=O)c1cn(C)c2c(F)ccc(C)c12. The van der Waals surface area contributed by atoms with Crippen molar-refractivity contribution in [1.82, 2.24) is 4.57 Å². The summed E-state index contributed by atoms with van der Waals surface area (Å²) in [5, 5.41) is 0.440. The predicted octanol–water partition coefficient (Wildman–Crippen LogP) is 4.53. The average Bonchev–Trinajstić information content (AvgIpc) is 2.82. The van der Waals surface area contributed by atoms with Gasteiger partial charge in [-0.25, -0.2) is 12.8 Å². The molecule has 3 rings (SSSR count). The van der Waals surface area contributed by atoms with Crippen LogP contribution in [-0.4, -0.2) is 13.0 Å². The van der Waals surface area contributed by atoms with Gasteiger partial charge in [0.15, 0.2) is 0 Å². The van der Waals surface area contributed by atoms with Gasteiger partial charge in [-0.15, -0.1) is 0 Å². The first-order valence-corrected chi connectivity index (χ1v) is 9.26. The smallest absolute Gasteiger partial charge is 0.208 e. The second-order valence-corrected chi connectivity index (χ2v) is 8.41. The van der Waals surface area contributed by atoms with Gasteiger partial charge in [0.2, 0.25) is 9.84 Å². The fourth-order valence-electron chi connectivity index (χ4n) is 2.86. The van der Waals surface area contributed by atoms with Crippen molar-refractivity contribution < 1.29 is 12.8 Å². The second-order valence-electron chi connectivity index (χ2n) is 5.61. The highest BCUT2D eigenvalue weighted by atomic mass is 79.9. The molecule has 0 N–H and O–H groups in total. The Morgan fingerprint density at radius 2 is 1.74 bits per heavy atom. The summed E-state index contributed by atoms with van der Waals surface area (Å²) in [5.41, 5.74) is 1.68. The summed E-state index contributed by atoms with van der Waals surface area (Å²) in [6.07, 6.45) is 1.48. The summed E-state index contributed by atoms with van der Waals surface area (Å²) in [7, 11) is -2.09. The molecule has 0 spiro atoms. The van der Waals surface area contributed by atoms with Crippen LogP contribution in [0.1, 0.15) is 11.1 Å². The number of aryl methyl sites for hydroxylation is 3. The Hall–Kier alpha value is -1.66. The molecule has 0 amide bonds. The number of nitrogens with zero attached hydrogens (tertiary/aromatic N) is 1. The molecule has 0 saturated carbocycles. The highest BCUT2D eigenvalue weighted by Crippen LogP contribution is 2.34. The van der Waals surface area contributed by atoms with Gasteiger partial charge in [0.05, 0.1) is 15.3 Å². The Morgan fingerprint density at radius 1 is 1.04 bits per heavy atom. The Labute approximate surface area is 142 Å². The van der Waals surface area contributed by atoms with Crippen LogP contribution in [0.15, 0.2) is 50.8 Å². The van der Waals surface area contributed by atoms with Crippen LogP contribution < -0.4 is 0 Å². The van der Waals surface area contributed by atoms with Crippen LogP contribution in [0.3, 0.4) is 0 Å². The fraction of sp³-hybridized carbons (Fsp3) is 0.176. The molecule has 3 aromatic rings. The first-order valence-electron chi connectivity index (χ1n) is 6.99. The van der Waals surface area contributed by atoms with E-state index in [0.717, 1.165) is 10.0 Å². The lowest BCUT2D eigenvalue weighted by Gasteiger charge is -2.08. The van der Waals surface area contributed by atoms with E-state index in [4.69, 9.17) is 0 Å². The summed E-state index contributed by atoms with van der Waals surface area (Å²) < 4.78 is 42.7. The maximum absolute atomic E-state index is 14.1. The van der Waals surface area contributed by atoms with Crippen molar-refractivity contribution in [3.05, 3.63) is 57.9 Å². The van der Waals surface area contributed by atoms with Crippen LogP contribution in [0, 0.1) is 19.7 Å². The zero-order chi connectivity index (χ0) is 16.9. The number of sulfone groups is 1. The van der Waals surface area contributed by atoms with Crippen LogP contribution >= 0.6 is 15.9 Å². The summed E-state index contributed by atoms with van der Waals surface area (Å²) >= 11 is 3.34. The molecule has 0 aliphatic heterocycles. The molecule has 0 fully saturated rings. The van der Waals surface area contributed by atoms with Gasteiger partial charge in [-0.1, -0.05) is 22.0 Å². The maximum Gasteiger partial charge on any atom is 0.208 e. The third-order valence-corrected chi connectivity index (χ3v) is 6.38.